The molecule has 1 fully saturated rings. The Morgan fingerprint density at radius 2 is 2.05 bits per heavy atom. The van der Waals surface area contributed by atoms with Gasteiger partial charge < -0.3 is 10.2 Å². The van der Waals surface area contributed by atoms with Gasteiger partial charge in [-0.3, -0.25) is 14.6 Å². The molecule has 0 saturated carbocycles. The van der Waals surface area contributed by atoms with Gasteiger partial charge in [0.1, 0.15) is 12.1 Å². The molecule has 0 aliphatic carbocycles. The van der Waals surface area contributed by atoms with Crippen molar-refractivity contribution in [2.24, 2.45) is 0 Å². The first-order chi connectivity index (χ1) is 9.60. The summed E-state index contributed by atoms with van der Waals surface area (Å²) in [7, 11) is 0. The summed E-state index contributed by atoms with van der Waals surface area (Å²) < 4.78 is 0. The van der Waals surface area contributed by atoms with Crippen LogP contribution in [0.3, 0.4) is 0 Å². The second-order valence-corrected chi connectivity index (χ2v) is 5.07. The van der Waals surface area contributed by atoms with E-state index in [1.165, 1.54) is 0 Å². The number of aromatic nitrogens is 1. The molecular weight excluding hydrogens is 254 g/mol. The van der Waals surface area contributed by atoms with E-state index in [9.17, 15) is 9.59 Å². The molecule has 2 rings (SSSR count). The van der Waals surface area contributed by atoms with Crippen LogP contribution in [0.4, 0.5) is 0 Å². The molecule has 1 saturated heterocycles. The van der Waals surface area contributed by atoms with Gasteiger partial charge in [-0.2, -0.15) is 0 Å². The normalized spacial score (nSPS) is 24.4. The fraction of sp³-hybridized carbons (Fsp3) is 0.533. The summed E-state index contributed by atoms with van der Waals surface area (Å²) >= 11 is 0. The first-order valence-corrected chi connectivity index (χ1v) is 7.13. The lowest BCUT2D eigenvalue weighted by atomic mass is 9.99. The Balaban J connectivity index is 2.33. The van der Waals surface area contributed by atoms with Crippen LogP contribution in [-0.2, 0) is 9.59 Å². The Kier molecular flexibility index (Phi) is 4.37. The maximum atomic E-state index is 12.6. The molecule has 108 valence electrons. The van der Waals surface area contributed by atoms with Crippen LogP contribution in [0.15, 0.2) is 24.4 Å². The van der Waals surface area contributed by atoms with E-state index in [0.717, 1.165) is 5.69 Å². The third kappa shape index (κ3) is 2.53. The van der Waals surface area contributed by atoms with Crippen molar-refractivity contribution in [2.45, 2.75) is 51.7 Å². The molecule has 1 aromatic rings. The minimum atomic E-state index is -0.420. The molecular formula is C15H21N3O2. The van der Waals surface area contributed by atoms with Crippen molar-refractivity contribution in [3.8, 4) is 0 Å². The summed E-state index contributed by atoms with van der Waals surface area (Å²) in [4.78, 5) is 30.7. The Bertz CT molecular complexity index is 489. The Morgan fingerprint density at radius 1 is 1.30 bits per heavy atom. The number of carbonyl (C=O) groups excluding carboxylic acids is 2. The number of hydrogen-bond acceptors (Lipinski definition) is 3. The molecule has 5 heteroatoms. The molecule has 1 aromatic heterocycles. The van der Waals surface area contributed by atoms with E-state index in [1.807, 2.05) is 39.0 Å². The van der Waals surface area contributed by atoms with Gasteiger partial charge in [-0.05, 0) is 31.9 Å². The first kappa shape index (κ1) is 14.5. The van der Waals surface area contributed by atoms with Crippen molar-refractivity contribution in [3.05, 3.63) is 30.1 Å². The van der Waals surface area contributed by atoms with Crippen molar-refractivity contribution in [3.63, 3.8) is 0 Å². The maximum Gasteiger partial charge on any atom is 0.246 e. The lowest BCUT2D eigenvalue weighted by Crippen LogP contribution is -2.63. The summed E-state index contributed by atoms with van der Waals surface area (Å²) in [6.07, 6.45) is 2.91. The zero-order valence-electron chi connectivity index (χ0n) is 12.2. The summed E-state index contributed by atoms with van der Waals surface area (Å²) in [6, 6.07) is 4.59. The first-order valence-electron chi connectivity index (χ1n) is 7.13. The van der Waals surface area contributed by atoms with Crippen molar-refractivity contribution >= 4 is 11.8 Å². The van der Waals surface area contributed by atoms with E-state index in [2.05, 4.69) is 10.3 Å². The van der Waals surface area contributed by atoms with Crippen LogP contribution in [-0.4, -0.2) is 33.8 Å². The van der Waals surface area contributed by atoms with E-state index in [4.69, 9.17) is 0 Å². The number of nitrogens with one attached hydrogen (secondary N) is 1. The lowest BCUT2D eigenvalue weighted by molar-refractivity contribution is -0.152. The second-order valence-electron chi connectivity index (χ2n) is 5.07. The Hall–Kier alpha value is -1.91. The van der Waals surface area contributed by atoms with Crippen LogP contribution in [0.2, 0.25) is 0 Å². The van der Waals surface area contributed by atoms with E-state index in [-0.39, 0.29) is 17.9 Å². The predicted molar refractivity (Wildman–Crippen MR) is 75.8 cm³/mol. The minimum absolute atomic E-state index is 0.0166. The van der Waals surface area contributed by atoms with Gasteiger partial charge in [0.2, 0.25) is 11.8 Å². The van der Waals surface area contributed by atoms with Gasteiger partial charge in [0.25, 0.3) is 0 Å². The van der Waals surface area contributed by atoms with Gasteiger partial charge in [-0.1, -0.05) is 19.9 Å². The van der Waals surface area contributed by atoms with Crippen LogP contribution < -0.4 is 5.32 Å². The summed E-state index contributed by atoms with van der Waals surface area (Å²) in [5.74, 6) is -0.0844. The predicted octanol–water partition coefficient (Wildman–Crippen LogP) is 1.66. The molecule has 3 unspecified atom stereocenters. The third-order valence-corrected chi connectivity index (χ3v) is 3.84. The van der Waals surface area contributed by atoms with Gasteiger partial charge >= 0.3 is 0 Å². The average Bonchev–Trinajstić information content (AvgIpc) is 2.48. The number of rotatable bonds is 4. The molecule has 0 spiro atoms. The van der Waals surface area contributed by atoms with E-state index in [1.54, 1.807) is 11.1 Å². The highest BCUT2D eigenvalue weighted by Gasteiger charge is 2.41. The van der Waals surface area contributed by atoms with Gasteiger partial charge in [0.15, 0.2) is 0 Å². The van der Waals surface area contributed by atoms with Gasteiger partial charge in [0.05, 0.1) is 11.7 Å². The molecule has 1 N–H and O–H groups in total. The topological polar surface area (TPSA) is 62.3 Å². The highest BCUT2D eigenvalue weighted by molar-refractivity contribution is 5.97. The fourth-order valence-electron chi connectivity index (χ4n) is 2.67. The number of amides is 2. The third-order valence-electron chi connectivity index (χ3n) is 3.84. The van der Waals surface area contributed by atoms with Crippen LogP contribution in [0.25, 0.3) is 0 Å². The number of nitrogens with zero attached hydrogens (tertiary/aromatic N) is 2. The molecule has 0 bridgehead atoms. The fourth-order valence-corrected chi connectivity index (χ4v) is 2.67. The molecule has 0 radical (unpaired) electrons. The molecule has 0 aromatic carbocycles. The molecule has 2 heterocycles. The van der Waals surface area contributed by atoms with Crippen molar-refractivity contribution in [2.75, 3.05) is 0 Å². The van der Waals surface area contributed by atoms with Crippen LogP contribution in [0, 0.1) is 0 Å². The minimum Gasteiger partial charge on any atom is -0.343 e. The monoisotopic (exact) mass is 275 g/mol. The van der Waals surface area contributed by atoms with E-state index >= 15 is 0 Å². The molecule has 1 aliphatic rings. The largest absolute Gasteiger partial charge is 0.343 e. The SMILES string of the molecule is CCC1NC(=O)C(CC)N(C(C)c2ccccn2)C1=O. The smallest absolute Gasteiger partial charge is 0.246 e. The van der Waals surface area contributed by atoms with Gasteiger partial charge in [-0.15, -0.1) is 0 Å². The summed E-state index contributed by atoms with van der Waals surface area (Å²) in [6.45, 7) is 5.74. The number of carbonyl (C=O) groups is 2. The van der Waals surface area contributed by atoms with Crippen molar-refractivity contribution in [1.82, 2.24) is 15.2 Å². The van der Waals surface area contributed by atoms with E-state index in [0.29, 0.717) is 12.8 Å². The summed E-state index contributed by atoms with van der Waals surface area (Å²) in [5, 5.41) is 2.80. The highest BCUT2D eigenvalue weighted by Crippen LogP contribution is 2.26. The molecule has 3 atom stereocenters. The molecule has 1 aliphatic heterocycles. The second kappa shape index (κ2) is 6.03. The van der Waals surface area contributed by atoms with Crippen LogP contribution in [0.1, 0.15) is 45.3 Å². The Labute approximate surface area is 119 Å². The number of hydrogen-bond donors (Lipinski definition) is 1. The molecule has 5 nitrogen and oxygen atoms in total. The van der Waals surface area contributed by atoms with E-state index < -0.39 is 12.1 Å². The van der Waals surface area contributed by atoms with Gasteiger partial charge in [-0.25, -0.2) is 0 Å². The number of piperazine rings is 1. The van der Waals surface area contributed by atoms with Crippen LogP contribution in [0.5, 0.6) is 0 Å². The van der Waals surface area contributed by atoms with Gasteiger partial charge in [0, 0.05) is 6.20 Å². The number of pyridine rings is 1. The maximum absolute atomic E-state index is 12.6. The quantitative estimate of drug-likeness (QED) is 0.909. The molecule has 20 heavy (non-hydrogen) atoms. The van der Waals surface area contributed by atoms with Crippen LogP contribution >= 0.6 is 0 Å². The van der Waals surface area contributed by atoms with Crippen molar-refractivity contribution < 1.29 is 9.59 Å². The highest BCUT2D eigenvalue weighted by atomic mass is 16.2. The zero-order valence-corrected chi connectivity index (χ0v) is 12.2. The average molecular weight is 275 g/mol. The lowest BCUT2D eigenvalue weighted by Gasteiger charge is -2.41. The molecule has 2 amide bonds. The zero-order chi connectivity index (χ0) is 14.7. The van der Waals surface area contributed by atoms with Crippen molar-refractivity contribution in [1.29, 1.82) is 0 Å². The Morgan fingerprint density at radius 3 is 2.60 bits per heavy atom. The summed E-state index contributed by atoms with van der Waals surface area (Å²) in [5.41, 5.74) is 0.809. The standard InChI is InChI=1S/C15H21N3O2/c1-4-11-15(20)18(13(5-2)14(19)17-11)10(3)12-8-6-7-9-16-12/h6-11,13H,4-5H2,1-3H3,(H,17,19).